The number of carbonyl (C=O) groups excluding carboxylic acids is 1. The highest BCUT2D eigenvalue weighted by Gasteiger charge is 2.25. The molecule has 6 aromatic rings. The van der Waals surface area contributed by atoms with Crippen LogP contribution in [-0.2, 0) is 30.6 Å². The second-order valence-electron chi connectivity index (χ2n) is 10.2. The van der Waals surface area contributed by atoms with E-state index in [9.17, 15) is 4.79 Å². The van der Waals surface area contributed by atoms with Crippen molar-refractivity contribution in [2.45, 2.75) is 31.8 Å². The zero-order chi connectivity index (χ0) is 28.9. The first-order chi connectivity index (χ1) is 20.5. The molecule has 3 aromatic carbocycles. The number of rotatable bonds is 10. The molecule has 0 saturated heterocycles. The van der Waals surface area contributed by atoms with Crippen molar-refractivity contribution in [2.24, 2.45) is 0 Å². The predicted molar refractivity (Wildman–Crippen MR) is 166 cm³/mol. The van der Waals surface area contributed by atoms with Gasteiger partial charge in [-0.2, -0.15) is 0 Å². The standard InChI is InChI=1S/C33H28Cl2N6O/c34-27-14-13-23(16-28(27)35)21-41-31(17-22-8-2-1-3-9-22)39-40-33(41)30(38-32(42)19-25-10-6-7-15-36-25)18-24-20-37-29-12-5-4-11-26(24)29/h1-16,20,30,37H,17-19,21H2,(H,38,42)/t30-/m1/s1. The lowest BCUT2D eigenvalue weighted by Crippen LogP contribution is -2.33. The number of nitrogens with zero attached hydrogens (tertiary/aromatic N) is 4. The molecule has 2 N–H and O–H groups in total. The molecule has 1 atom stereocenters. The van der Waals surface area contributed by atoms with Crippen LogP contribution in [0.15, 0.2) is 103 Å². The topological polar surface area (TPSA) is 88.5 Å². The Hall–Kier alpha value is -4.46. The number of nitrogens with one attached hydrogen (secondary N) is 2. The molecular formula is C33H28Cl2N6O. The van der Waals surface area contributed by atoms with E-state index in [1.54, 1.807) is 12.3 Å². The van der Waals surface area contributed by atoms with E-state index in [-0.39, 0.29) is 12.3 Å². The average molecular weight is 596 g/mol. The lowest BCUT2D eigenvalue weighted by molar-refractivity contribution is -0.121. The fourth-order valence-electron chi connectivity index (χ4n) is 5.15. The number of hydrogen-bond donors (Lipinski definition) is 2. The number of amides is 1. The first-order valence-electron chi connectivity index (χ1n) is 13.7. The summed E-state index contributed by atoms with van der Waals surface area (Å²) in [5.41, 5.74) is 4.86. The van der Waals surface area contributed by atoms with Gasteiger partial charge < -0.3 is 14.9 Å². The maximum atomic E-state index is 13.4. The maximum absolute atomic E-state index is 13.4. The lowest BCUT2D eigenvalue weighted by Gasteiger charge is -2.20. The van der Waals surface area contributed by atoms with Gasteiger partial charge in [0.1, 0.15) is 5.82 Å². The number of fused-ring (bicyclic) bond motifs is 1. The van der Waals surface area contributed by atoms with Crippen molar-refractivity contribution < 1.29 is 4.79 Å². The summed E-state index contributed by atoms with van der Waals surface area (Å²) in [5, 5.41) is 14.6. The molecule has 0 spiro atoms. The van der Waals surface area contributed by atoms with Gasteiger partial charge in [0, 0.05) is 41.8 Å². The fourth-order valence-corrected chi connectivity index (χ4v) is 5.47. The number of benzene rings is 3. The third-order valence-corrected chi connectivity index (χ3v) is 7.94. The molecule has 0 saturated carbocycles. The Morgan fingerprint density at radius 2 is 1.69 bits per heavy atom. The third-order valence-electron chi connectivity index (χ3n) is 7.20. The molecule has 210 valence electrons. The van der Waals surface area contributed by atoms with Crippen molar-refractivity contribution in [3.05, 3.63) is 147 Å². The number of hydrogen-bond acceptors (Lipinski definition) is 4. The Bertz CT molecular complexity index is 1820. The van der Waals surface area contributed by atoms with E-state index in [1.807, 2.05) is 72.9 Å². The summed E-state index contributed by atoms with van der Waals surface area (Å²) in [6.45, 7) is 0.460. The highest BCUT2D eigenvalue weighted by Crippen LogP contribution is 2.27. The van der Waals surface area contributed by atoms with E-state index < -0.39 is 6.04 Å². The summed E-state index contributed by atoms with van der Waals surface area (Å²) in [7, 11) is 0. The molecule has 0 fully saturated rings. The first kappa shape index (κ1) is 27.7. The van der Waals surface area contributed by atoms with Crippen LogP contribution < -0.4 is 5.32 Å². The summed E-state index contributed by atoms with van der Waals surface area (Å²) in [6.07, 6.45) is 4.94. The molecule has 7 nitrogen and oxygen atoms in total. The van der Waals surface area contributed by atoms with Gasteiger partial charge in [0.05, 0.1) is 29.1 Å². The van der Waals surface area contributed by atoms with Crippen molar-refractivity contribution in [3.63, 3.8) is 0 Å². The van der Waals surface area contributed by atoms with Crippen LogP contribution in [0, 0.1) is 0 Å². The molecular weight excluding hydrogens is 567 g/mol. The molecule has 0 aliphatic rings. The number of H-pyrrole nitrogens is 1. The number of pyridine rings is 1. The normalized spacial score (nSPS) is 12.0. The number of aromatic nitrogens is 5. The van der Waals surface area contributed by atoms with Gasteiger partial charge in [-0.1, -0.05) is 83.9 Å². The zero-order valence-corrected chi connectivity index (χ0v) is 24.2. The van der Waals surface area contributed by atoms with Gasteiger partial charge in [0.25, 0.3) is 0 Å². The second kappa shape index (κ2) is 12.6. The van der Waals surface area contributed by atoms with E-state index in [4.69, 9.17) is 23.2 Å². The summed E-state index contributed by atoms with van der Waals surface area (Å²) < 4.78 is 2.08. The summed E-state index contributed by atoms with van der Waals surface area (Å²) >= 11 is 12.6. The molecule has 0 radical (unpaired) electrons. The maximum Gasteiger partial charge on any atom is 0.226 e. The number of aromatic amines is 1. The summed E-state index contributed by atoms with van der Waals surface area (Å²) in [4.78, 5) is 21.1. The summed E-state index contributed by atoms with van der Waals surface area (Å²) in [5.74, 6) is 1.30. The van der Waals surface area contributed by atoms with Crippen LogP contribution >= 0.6 is 23.2 Å². The van der Waals surface area contributed by atoms with Gasteiger partial charge in [0.15, 0.2) is 5.82 Å². The minimum absolute atomic E-state index is 0.146. The van der Waals surface area contributed by atoms with Crippen LogP contribution in [0.1, 0.15) is 40.1 Å². The quantitative estimate of drug-likeness (QED) is 0.184. The monoisotopic (exact) mass is 594 g/mol. The Balaban J connectivity index is 1.40. The molecule has 3 aromatic heterocycles. The third kappa shape index (κ3) is 6.38. The van der Waals surface area contributed by atoms with Crippen LogP contribution in [0.25, 0.3) is 10.9 Å². The van der Waals surface area contributed by atoms with Crippen molar-refractivity contribution in [3.8, 4) is 0 Å². The molecule has 42 heavy (non-hydrogen) atoms. The number of halogens is 2. The fraction of sp³-hybridized carbons (Fsp3) is 0.152. The van der Waals surface area contributed by atoms with E-state index in [2.05, 4.69) is 48.2 Å². The molecule has 9 heteroatoms. The number of carbonyl (C=O) groups is 1. The second-order valence-corrected chi connectivity index (χ2v) is 11.0. The Kier molecular flexibility index (Phi) is 8.30. The van der Waals surface area contributed by atoms with Crippen LogP contribution in [-0.4, -0.2) is 30.6 Å². The minimum atomic E-state index is -0.458. The van der Waals surface area contributed by atoms with Crippen molar-refractivity contribution in [1.29, 1.82) is 0 Å². The van der Waals surface area contributed by atoms with Crippen molar-refractivity contribution >= 4 is 40.0 Å². The van der Waals surface area contributed by atoms with Gasteiger partial charge in [-0.3, -0.25) is 9.78 Å². The molecule has 6 rings (SSSR count). The van der Waals surface area contributed by atoms with Crippen LogP contribution in [0.5, 0.6) is 0 Å². The molecule has 0 aliphatic carbocycles. The van der Waals surface area contributed by atoms with Crippen LogP contribution in [0.2, 0.25) is 10.0 Å². The average Bonchev–Trinajstić information content (AvgIpc) is 3.59. The summed E-state index contributed by atoms with van der Waals surface area (Å²) in [6, 6.07) is 29.0. The molecule has 3 heterocycles. The van der Waals surface area contributed by atoms with Crippen molar-refractivity contribution in [2.75, 3.05) is 0 Å². The molecule has 1 amide bonds. The van der Waals surface area contributed by atoms with Gasteiger partial charge in [0.2, 0.25) is 5.91 Å². The van der Waals surface area contributed by atoms with Crippen LogP contribution in [0.4, 0.5) is 0 Å². The number of para-hydroxylation sites is 1. The zero-order valence-electron chi connectivity index (χ0n) is 22.7. The molecule has 0 aliphatic heterocycles. The Morgan fingerprint density at radius 3 is 2.50 bits per heavy atom. The van der Waals surface area contributed by atoms with Crippen LogP contribution in [0.3, 0.4) is 0 Å². The highest BCUT2D eigenvalue weighted by atomic mass is 35.5. The van der Waals surface area contributed by atoms with Gasteiger partial charge in [-0.15, -0.1) is 10.2 Å². The van der Waals surface area contributed by atoms with E-state index >= 15 is 0 Å². The van der Waals surface area contributed by atoms with Crippen molar-refractivity contribution in [1.82, 2.24) is 30.0 Å². The molecule has 0 bridgehead atoms. The molecule has 0 unspecified atom stereocenters. The SMILES string of the molecule is O=C(Cc1ccccn1)N[C@H](Cc1c[nH]c2ccccc12)c1nnc(Cc2ccccc2)n1Cc1ccc(Cl)c(Cl)c1. The first-order valence-corrected chi connectivity index (χ1v) is 14.4. The lowest BCUT2D eigenvalue weighted by atomic mass is 10.0. The van der Waals surface area contributed by atoms with Gasteiger partial charge in [-0.25, -0.2) is 0 Å². The highest BCUT2D eigenvalue weighted by molar-refractivity contribution is 6.42. The Morgan fingerprint density at radius 1 is 0.881 bits per heavy atom. The van der Waals surface area contributed by atoms with E-state index in [0.717, 1.165) is 33.4 Å². The predicted octanol–water partition coefficient (Wildman–Crippen LogP) is 6.74. The van der Waals surface area contributed by atoms with E-state index in [1.165, 1.54) is 0 Å². The Labute approximate surface area is 253 Å². The van der Waals surface area contributed by atoms with Gasteiger partial charge >= 0.3 is 0 Å². The minimum Gasteiger partial charge on any atom is -0.361 e. The largest absolute Gasteiger partial charge is 0.361 e. The van der Waals surface area contributed by atoms with E-state index in [0.29, 0.717) is 40.9 Å². The van der Waals surface area contributed by atoms with Gasteiger partial charge in [-0.05, 0) is 47.0 Å². The smallest absolute Gasteiger partial charge is 0.226 e.